The van der Waals surface area contributed by atoms with Crippen LogP contribution in [0.5, 0.6) is 5.75 Å². The number of anilines is 1. The van der Waals surface area contributed by atoms with Crippen LogP contribution < -0.4 is 9.64 Å². The third-order valence-electron chi connectivity index (χ3n) is 6.09. The third kappa shape index (κ3) is 4.64. The number of nitrogens with zero attached hydrogens (tertiary/aromatic N) is 3. The summed E-state index contributed by atoms with van der Waals surface area (Å²) in [6, 6.07) is 5.09. The van der Waals surface area contributed by atoms with Crippen molar-refractivity contribution in [2.75, 3.05) is 51.3 Å². The smallest absolute Gasteiger partial charge is 0.249 e. The van der Waals surface area contributed by atoms with Gasteiger partial charge in [0, 0.05) is 44.8 Å². The second-order valence-corrected chi connectivity index (χ2v) is 10.1. The molecule has 30 heavy (non-hydrogen) atoms. The van der Waals surface area contributed by atoms with Gasteiger partial charge in [-0.05, 0) is 50.8 Å². The number of hydrogen-bond acceptors (Lipinski definition) is 5. The van der Waals surface area contributed by atoms with Crippen LogP contribution in [-0.4, -0.2) is 69.9 Å². The third-order valence-corrected chi connectivity index (χ3v) is 7.95. The van der Waals surface area contributed by atoms with Gasteiger partial charge in [0.2, 0.25) is 15.9 Å². The second kappa shape index (κ2) is 9.39. The molecule has 0 spiro atoms. The molecule has 0 radical (unpaired) electrons. The first-order valence-electron chi connectivity index (χ1n) is 10.6. The van der Waals surface area contributed by atoms with Crippen LogP contribution in [0, 0.1) is 5.92 Å². The normalized spacial score (nSPS) is 21.6. The number of sulfonamides is 1. The lowest BCUT2D eigenvalue weighted by Gasteiger charge is -2.37. The molecule has 1 aromatic carbocycles. The zero-order chi connectivity index (χ0) is 21.9. The van der Waals surface area contributed by atoms with Gasteiger partial charge in [0.1, 0.15) is 5.75 Å². The molecule has 3 rings (SSSR count). The maximum atomic E-state index is 13.2. The number of piperidine rings is 1. The summed E-state index contributed by atoms with van der Waals surface area (Å²) in [5.74, 6) is 1.07. The van der Waals surface area contributed by atoms with E-state index in [0.717, 1.165) is 24.1 Å². The first-order chi connectivity index (χ1) is 14.3. The van der Waals surface area contributed by atoms with Crippen LogP contribution in [0.25, 0.3) is 0 Å². The number of carbonyl (C=O) groups excluding carboxylic acids is 1. The molecule has 2 heterocycles. The van der Waals surface area contributed by atoms with E-state index in [1.807, 2.05) is 24.8 Å². The zero-order valence-corrected chi connectivity index (χ0v) is 19.2. The number of ether oxygens (including phenoxy) is 1. The van der Waals surface area contributed by atoms with E-state index >= 15 is 0 Å². The van der Waals surface area contributed by atoms with E-state index in [-0.39, 0.29) is 5.91 Å². The van der Waals surface area contributed by atoms with E-state index in [9.17, 15) is 13.2 Å². The van der Waals surface area contributed by atoms with Gasteiger partial charge in [-0.25, -0.2) is 8.42 Å². The van der Waals surface area contributed by atoms with Crippen LogP contribution in [0.15, 0.2) is 34.7 Å². The maximum Gasteiger partial charge on any atom is 0.249 e. The van der Waals surface area contributed by atoms with Gasteiger partial charge in [-0.15, -0.1) is 0 Å². The molecule has 1 amide bonds. The lowest BCUT2D eigenvalue weighted by molar-refractivity contribution is -0.127. The van der Waals surface area contributed by atoms with Crippen molar-refractivity contribution in [1.82, 2.24) is 9.21 Å². The van der Waals surface area contributed by atoms with Gasteiger partial charge in [-0.3, -0.25) is 4.79 Å². The highest BCUT2D eigenvalue weighted by molar-refractivity contribution is 7.89. The predicted octanol–water partition coefficient (Wildman–Crippen LogP) is 2.73. The molecule has 0 aliphatic carbocycles. The van der Waals surface area contributed by atoms with E-state index < -0.39 is 10.0 Å². The van der Waals surface area contributed by atoms with Crippen molar-refractivity contribution in [2.45, 2.75) is 38.5 Å². The van der Waals surface area contributed by atoms with E-state index in [2.05, 4.69) is 11.8 Å². The van der Waals surface area contributed by atoms with Crippen LogP contribution in [0.1, 0.15) is 33.6 Å². The Morgan fingerprint density at radius 1 is 1.17 bits per heavy atom. The molecule has 8 heteroatoms. The summed E-state index contributed by atoms with van der Waals surface area (Å²) in [7, 11) is -1.95. The molecule has 1 unspecified atom stereocenters. The Hall–Kier alpha value is -2.06. The summed E-state index contributed by atoms with van der Waals surface area (Å²) >= 11 is 0. The summed E-state index contributed by atoms with van der Waals surface area (Å²) in [6.07, 6.45) is 3.79. The van der Waals surface area contributed by atoms with Crippen molar-refractivity contribution in [3.63, 3.8) is 0 Å². The van der Waals surface area contributed by atoms with Crippen LogP contribution in [0.3, 0.4) is 0 Å². The molecule has 166 valence electrons. The van der Waals surface area contributed by atoms with E-state index in [0.29, 0.717) is 55.8 Å². The summed E-state index contributed by atoms with van der Waals surface area (Å²) < 4.78 is 33.6. The fourth-order valence-corrected chi connectivity index (χ4v) is 5.73. The number of piperazine rings is 1. The predicted molar refractivity (Wildman–Crippen MR) is 118 cm³/mol. The monoisotopic (exact) mass is 435 g/mol. The molecule has 2 fully saturated rings. The standard InChI is InChI=1S/C22H33N3O4S/c1-5-18(3)22(26)24-13-11-23(12-14-24)20-15-19(8-9-21(20)29-4)30(27,28)25-10-6-7-17(2)16-25/h5,8-9,15,17H,6-7,10-14,16H2,1-4H3/b18-5+. The largest absolute Gasteiger partial charge is 0.495 e. The van der Waals surface area contributed by atoms with Gasteiger partial charge in [0.15, 0.2) is 0 Å². The molecule has 2 saturated heterocycles. The maximum absolute atomic E-state index is 13.2. The molecule has 0 saturated carbocycles. The number of allylic oxidation sites excluding steroid dienone is 1. The fraction of sp³-hybridized carbons (Fsp3) is 0.591. The van der Waals surface area contributed by atoms with Crippen molar-refractivity contribution in [1.29, 1.82) is 0 Å². The van der Waals surface area contributed by atoms with Crippen LogP contribution in [0.4, 0.5) is 5.69 Å². The highest BCUT2D eigenvalue weighted by Crippen LogP contribution is 2.33. The second-order valence-electron chi connectivity index (χ2n) is 8.20. The minimum Gasteiger partial charge on any atom is -0.495 e. The number of methoxy groups -OCH3 is 1. The Balaban J connectivity index is 1.81. The highest BCUT2D eigenvalue weighted by atomic mass is 32.2. The quantitative estimate of drug-likeness (QED) is 0.665. The first kappa shape index (κ1) is 22.6. The minimum absolute atomic E-state index is 0.0552. The Morgan fingerprint density at radius 2 is 1.87 bits per heavy atom. The summed E-state index contributed by atoms with van der Waals surface area (Å²) in [5, 5.41) is 0. The van der Waals surface area contributed by atoms with E-state index in [1.54, 1.807) is 29.6 Å². The van der Waals surface area contributed by atoms with Crippen molar-refractivity contribution in [3.8, 4) is 5.75 Å². The Labute approximate surface area is 180 Å². The van der Waals surface area contributed by atoms with Crippen molar-refractivity contribution in [3.05, 3.63) is 29.8 Å². The molecule has 2 aliphatic heterocycles. The molecular formula is C22H33N3O4S. The molecule has 0 bridgehead atoms. The van der Waals surface area contributed by atoms with Crippen molar-refractivity contribution in [2.24, 2.45) is 5.92 Å². The number of benzene rings is 1. The molecule has 7 nitrogen and oxygen atoms in total. The van der Waals surface area contributed by atoms with Crippen molar-refractivity contribution >= 4 is 21.6 Å². The van der Waals surface area contributed by atoms with E-state index in [4.69, 9.17) is 4.74 Å². The average molecular weight is 436 g/mol. The minimum atomic E-state index is -3.54. The Kier molecular flexibility index (Phi) is 7.08. The highest BCUT2D eigenvalue weighted by Gasteiger charge is 2.30. The van der Waals surface area contributed by atoms with Gasteiger partial charge in [0.05, 0.1) is 17.7 Å². The molecule has 2 aliphatic rings. The first-order valence-corrected chi connectivity index (χ1v) is 12.1. The number of rotatable bonds is 5. The number of carbonyl (C=O) groups is 1. The molecular weight excluding hydrogens is 402 g/mol. The van der Waals surface area contributed by atoms with Crippen molar-refractivity contribution < 1.29 is 17.9 Å². The fourth-order valence-electron chi connectivity index (χ4n) is 4.11. The van der Waals surface area contributed by atoms with Crippen LogP contribution >= 0.6 is 0 Å². The SMILES string of the molecule is C/C=C(\C)C(=O)N1CCN(c2cc(S(=O)(=O)N3CCCC(C)C3)ccc2OC)CC1. The van der Waals surface area contributed by atoms with E-state index in [1.165, 1.54) is 0 Å². The summed E-state index contributed by atoms with van der Waals surface area (Å²) in [5.41, 5.74) is 1.50. The van der Waals surface area contributed by atoms with Gasteiger partial charge >= 0.3 is 0 Å². The molecule has 0 aromatic heterocycles. The molecule has 1 aromatic rings. The molecule has 1 atom stereocenters. The molecule has 0 N–H and O–H groups in total. The van der Waals surface area contributed by atoms with Gasteiger partial charge in [-0.1, -0.05) is 13.0 Å². The average Bonchev–Trinajstić information content (AvgIpc) is 2.77. The van der Waals surface area contributed by atoms with Crippen LogP contribution in [0.2, 0.25) is 0 Å². The summed E-state index contributed by atoms with van der Waals surface area (Å²) in [4.78, 5) is 16.7. The zero-order valence-electron chi connectivity index (χ0n) is 18.4. The van der Waals surface area contributed by atoms with Gasteiger partial charge in [-0.2, -0.15) is 4.31 Å². The lowest BCUT2D eigenvalue weighted by Crippen LogP contribution is -2.49. The van der Waals surface area contributed by atoms with Crippen LogP contribution in [-0.2, 0) is 14.8 Å². The van der Waals surface area contributed by atoms with Gasteiger partial charge in [0.25, 0.3) is 0 Å². The number of hydrogen-bond donors (Lipinski definition) is 0. The van der Waals surface area contributed by atoms with Gasteiger partial charge < -0.3 is 14.5 Å². The summed E-state index contributed by atoms with van der Waals surface area (Å²) in [6.45, 7) is 9.36. The topological polar surface area (TPSA) is 70.2 Å². The number of amides is 1. The lowest BCUT2D eigenvalue weighted by atomic mass is 10.0. The Bertz CT molecular complexity index is 905. The Morgan fingerprint density at radius 3 is 2.47 bits per heavy atom.